The first-order chi connectivity index (χ1) is 14.6. The molecule has 0 radical (unpaired) electrons. The van der Waals surface area contributed by atoms with E-state index in [1.54, 1.807) is 42.5 Å². The molecule has 4 rings (SSSR count). The van der Waals surface area contributed by atoms with Crippen LogP contribution >= 0.6 is 0 Å². The largest absolute Gasteiger partial charge is 0.454 e. The molecule has 2 N–H and O–H groups in total. The van der Waals surface area contributed by atoms with Crippen LogP contribution in [0.15, 0.2) is 42.5 Å². The molecule has 0 bridgehead atoms. The molecule has 2 aromatic carbocycles. The number of benzene rings is 2. The van der Waals surface area contributed by atoms with Gasteiger partial charge >= 0.3 is 0 Å². The molecule has 0 aliphatic carbocycles. The summed E-state index contributed by atoms with van der Waals surface area (Å²) in [4.78, 5) is 26.9. The number of nitrogens with one attached hydrogen (secondary N) is 2. The predicted molar refractivity (Wildman–Crippen MR) is 110 cm³/mol. The topological polar surface area (TPSA) is 104 Å². The summed E-state index contributed by atoms with van der Waals surface area (Å²) < 4.78 is 10.6. The highest BCUT2D eigenvalue weighted by Gasteiger charge is 2.26. The molecule has 8 nitrogen and oxygen atoms in total. The molecular weight excluding hydrogens is 384 g/mol. The van der Waals surface area contributed by atoms with Crippen LogP contribution in [0.2, 0.25) is 0 Å². The molecule has 2 aliphatic heterocycles. The Morgan fingerprint density at radius 2 is 1.80 bits per heavy atom. The molecule has 0 aromatic heterocycles. The summed E-state index contributed by atoms with van der Waals surface area (Å²) in [6.45, 7) is 1.80. The van der Waals surface area contributed by atoms with Crippen LogP contribution in [0.3, 0.4) is 0 Å². The summed E-state index contributed by atoms with van der Waals surface area (Å²) in [6, 6.07) is 14.2. The zero-order valence-corrected chi connectivity index (χ0v) is 16.4. The monoisotopic (exact) mass is 406 g/mol. The molecule has 0 unspecified atom stereocenters. The zero-order valence-electron chi connectivity index (χ0n) is 16.4. The van der Waals surface area contributed by atoms with Crippen molar-refractivity contribution < 1.29 is 19.1 Å². The maximum absolute atomic E-state index is 12.6. The average Bonchev–Trinajstić information content (AvgIpc) is 3.22. The fourth-order valence-electron chi connectivity index (χ4n) is 3.64. The lowest BCUT2D eigenvalue weighted by Gasteiger charge is -2.30. The van der Waals surface area contributed by atoms with Gasteiger partial charge in [0.05, 0.1) is 18.2 Å². The van der Waals surface area contributed by atoms with E-state index in [-0.39, 0.29) is 31.1 Å². The van der Waals surface area contributed by atoms with E-state index in [2.05, 4.69) is 16.7 Å². The number of nitrogens with zero attached hydrogens (tertiary/aromatic N) is 2. The summed E-state index contributed by atoms with van der Waals surface area (Å²) in [5, 5.41) is 14.7. The highest BCUT2D eigenvalue weighted by molar-refractivity contribution is 5.93. The second-order valence-corrected chi connectivity index (χ2v) is 7.35. The van der Waals surface area contributed by atoms with E-state index in [0.717, 1.165) is 0 Å². The van der Waals surface area contributed by atoms with Gasteiger partial charge in [-0.15, -0.1) is 0 Å². The number of nitriles is 1. The minimum absolute atomic E-state index is 0.0220. The molecule has 1 fully saturated rings. The number of amides is 2. The lowest BCUT2D eigenvalue weighted by atomic mass is 9.95. The zero-order chi connectivity index (χ0) is 20.9. The van der Waals surface area contributed by atoms with Gasteiger partial charge in [-0.05, 0) is 56.3 Å². The van der Waals surface area contributed by atoms with E-state index >= 15 is 0 Å². The van der Waals surface area contributed by atoms with Crippen molar-refractivity contribution in [3.05, 3.63) is 48.0 Å². The quantitative estimate of drug-likeness (QED) is 0.791. The van der Waals surface area contributed by atoms with Crippen LogP contribution in [-0.2, 0) is 9.59 Å². The molecule has 0 saturated carbocycles. The lowest BCUT2D eigenvalue weighted by Crippen LogP contribution is -2.41. The predicted octanol–water partition coefficient (Wildman–Crippen LogP) is 2.58. The third-order valence-corrected chi connectivity index (χ3v) is 5.24. The standard InChI is InChI=1S/C22H22N4O4/c23-12-15-2-1-3-17(10-15)24-21(27)13-26-8-6-16(7-9-26)22(28)25-18-4-5-19-20(11-18)30-14-29-19/h1-5,10-11,16H,6-9,13-14H2,(H,24,27)(H,25,28). The summed E-state index contributed by atoms with van der Waals surface area (Å²) >= 11 is 0. The van der Waals surface area contributed by atoms with Gasteiger partial charge in [-0.3, -0.25) is 14.5 Å². The fourth-order valence-corrected chi connectivity index (χ4v) is 3.64. The highest BCUT2D eigenvalue weighted by atomic mass is 16.7. The number of hydrogen-bond donors (Lipinski definition) is 2. The SMILES string of the molecule is N#Cc1cccc(NC(=O)CN2CCC(C(=O)Nc3ccc4c(c3)OCO4)CC2)c1. The second kappa shape index (κ2) is 8.84. The minimum atomic E-state index is -0.131. The summed E-state index contributed by atoms with van der Waals surface area (Å²) in [6.07, 6.45) is 1.38. The van der Waals surface area contributed by atoms with Crippen LogP contribution in [0.4, 0.5) is 11.4 Å². The summed E-state index contributed by atoms with van der Waals surface area (Å²) in [5.74, 6) is 1.06. The number of ether oxygens (including phenoxy) is 2. The maximum atomic E-state index is 12.6. The van der Waals surface area contributed by atoms with Crippen molar-refractivity contribution in [2.24, 2.45) is 5.92 Å². The molecule has 2 amide bonds. The van der Waals surface area contributed by atoms with Gasteiger partial charge in [-0.25, -0.2) is 0 Å². The smallest absolute Gasteiger partial charge is 0.238 e. The Balaban J connectivity index is 1.24. The summed E-state index contributed by atoms with van der Waals surface area (Å²) in [7, 11) is 0. The first-order valence-electron chi connectivity index (χ1n) is 9.83. The Morgan fingerprint density at radius 3 is 2.60 bits per heavy atom. The van der Waals surface area contributed by atoms with E-state index in [1.807, 2.05) is 4.90 Å². The van der Waals surface area contributed by atoms with Crippen LogP contribution in [0.25, 0.3) is 0 Å². The van der Waals surface area contributed by atoms with E-state index in [1.165, 1.54) is 0 Å². The first kappa shape index (κ1) is 19.7. The number of fused-ring (bicyclic) bond motifs is 1. The highest BCUT2D eigenvalue weighted by Crippen LogP contribution is 2.34. The molecule has 8 heteroatoms. The van der Waals surface area contributed by atoms with Gasteiger partial charge in [0.25, 0.3) is 0 Å². The maximum Gasteiger partial charge on any atom is 0.238 e. The van der Waals surface area contributed by atoms with Gasteiger partial charge in [0.2, 0.25) is 18.6 Å². The molecule has 0 atom stereocenters. The number of piperidine rings is 1. The molecule has 0 spiro atoms. The van der Waals surface area contributed by atoms with Crippen molar-refractivity contribution in [1.82, 2.24) is 4.90 Å². The van der Waals surface area contributed by atoms with Gasteiger partial charge in [0.15, 0.2) is 11.5 Å². The molecule has 154 valence electrons. The van der Waals surface area contributed by atoms with Crippen molar-refractivity contribution in [2.45, 2.75) is 12.8 Å². The first-order valence-corrected chi connectivity index (χ1v) is 9.83. The van der Waals surface area contributed by atoms with Crippen molar-refractivity contribution in [3.63, 3.8) is 0 Å². The van der Waals surface area contributed by atoms with Crippen LogP contribution < -0.4 is 20.1 Å². The molecule has 2 aliphatic rings. The Hall–Kier alpha value is -3.57. The Morgan fingerprint density at radius 1 is 1.03 bits per heavy atom. The van der Waals surface area contributed by atoms with Crippen LogP contribution in [0.1, 0.15) is 18.4 Å². The van der Waals surface area contributed by atoms with Gasteiger partial charge in [-0.1, -0.05) is 6.07 Å². The molecule has 30 heavy (non-hydrogen) atoms. The molecule has 2 heterocycles. The molecular formula is C22H22N4O4. The second-order valence-electron chi connectivity index (χ2n) is 7.35. The van der Waals surface area contributed by atoms with Gasteiger partial charge in [-0.2, -0.15) is 5.26 Å². The van der Waals surface area contributed by atoms with Gasteiger partial charge in [0, 0.05) is 23.4 Å². The van der Waals surface area contributed by atoms with Crippen molar-refractivity contribution >= 4 is 23.2 Å². The van der Waals surface area contributed by atoms with E-state index in [4.69, 9.17) is 14.7 Å². The van der Waals surface area contributed by atoms with Crippen molar-refractivity contribution in [1.29, 1.82) is 5.26 Å². The van der Waals surface area contributed by atoms with E-state index < -0.39 is 0 Å². The number of carbonyl (C=O) groups excluding carboxylic acids is 2. The summed E-state index contributed by atoms with van der Waals surface area (Å²) in [5.41, 5.74) is 1.80. The third kappa shape index (κ3) is 4.70. The van der Waals surface area contributed by atoms with E-state index in [0.29, 0.717) is 54.4 Å². The van der Waals surface area contributed by atoms with Crippen molar-refractivity contribution in [3.8, 4) is 17.6 Å². The number of anilines is 2. The molecule has 2 aromatic rings. The number of rotatable bonds is 5. The Kier molecular flexibility index (Phi) is 5.82. The normalized spacial score (nSPS) is 16.0. The van der Waals surface area contributed by atoms with E-state index in [9.17, 15) is 9.59 Å². The number of hydrogen-bond acceptors (Lipinski definition) is 6. The Labute approximate surface area is 174 Å². The minimum Gasteiger partial charge on any atom is -0.454 e. The van der Waals surface area contributed by atoms with Crippen LogP contribution in [0, 0.1) is 17.2 Å². The van der Waals surface area contributed by atoms with Crippen LogP contribution in [-0.4, -0.2) is 43.1 Å². The van der Waals surface area contributed by atoms with Crippen molar-refractivity contribution in [2.75, 3.05) is 37.1 Å². The van der Waals surface area contributed by atoms with Gasteiger partial charge < -0.3 is 20.1 Å². The fraction of sp³-hybridized carbons (Fsp3) is 0.318. The number of carbonyl (C=O) groups is 2. The Bertz CT molecular complexity index is 993. The molecule has 1 saturated heterocycles. The number of likely N-dealkylation sites (tertiary alicyclic amines) is 1. The van der Waals surface area contributed by atoms with Gasteiger partial charge in [0.1, 0.15) is 0 Å². The third-order valence-electron chi connectivity index (χ3n) is 5.24. The average molecular weight is 406 g/mol. The lowest BCUT2D eigenvalue weighted by molar-refractivity contribution is -0.121. The van der Waals surface area contributed by atoms with Crippen LogP contribution in [0.5, 0.6) is 11.5 Å².